The van der Waals surface area contributed by atoms with Crippen LogP contribution in [0, 0.1) is 11.8 Å². The van der Waals surface area contributed by atoms with Crippen molar-refractivity contribution in [1.29, 1.82) is 0 Å². The van der Waals surface area contributed by atoms with E-state index >= 15 is 0 Å². The molecule has 1 aromatic rings. The van der Waals surface area contributed by atoms with Gasteiger partial charge < -0.3 is 5.32 Å². The van der Waals surface area contributed by atoms with Gasteiger partial charge in [0.15, 0.2) is 0 Å². The minimum absolute atomic E-state index is 0.0786. The molecule has 1 aromatic heterocycles. The summed E-state index contributed by atoms with van der Waals surface area (Å²) in [6.45, 7) is 3.08. The summed E-state index contributed by atoms with van der Waals surface area (Å²) >= 11 is 3.28. The molecule has 1 fully saturated rings. The fraction of sp³-hybridized carbons (Fsp3) is 0.600. The van der Waals surface area contributed by atoms with Gasteiger partial charge in [0.05, 0.1) is 0 Å². The van der Waals surface area contributed by atoms with E-state index in [0.717, 1.165) is 24.8 Å². The third kappa shape index (κ3) is 4.60. The minimum Gasteiger partial charge on any atom is -0.351 e. The van der Waals surface area contributed by atoms with E-state index in [1.165, 1.54) is 25.7 Å². The maximum Gasteiger partial charge on any atom is 0.269 e. The Labute approximate surface area is 123 Å². The van der Waals surface area contributed by atoms with Crippen LogP contribution in [0.2, 0.25) is 0 Å². The fourth-order valence-corrected chi connectivity index (χ4v) is 3.18. The van der Waals surface area contributed by atoms with E-state index in [1.807, 2.05) is 12.1 Å². The highest BCUT2D eigenvalue weighted by Crippen LogP contribution is 2.30. The lowest BCUT2D eigenvalue weighted by molar-refractivity contribution is 0.0944. The van der Waals surface area contributed by atoms with Crippen molar-refractivity contribution < 1.29 is 4.79 Å². The molecule has 4 heteroatoms. The number of aromatic nitrogens is 1. The molecule has 1 amide bonds. The molecule has 2 atom stereocenters. The van der Waals surface area contributed by atoms with E-state index in [-0.39, 0.29) is 5.91 Å². The molecule has 1 aliphatic rings. The molecule has 0 spiro atoms. The number of rotatable bonds is 4. The van der Waals surface area contributed by atoms with Crippen LogP contribution in [0.3, 0.4) is 0 Å². The Balaban J connectivity index is 1.75. The molecule has 0 bridgehead atoms. The second-order valence-electron chi connectivity index (χ2n) is 5.53. The number of hydrogen-bond donors (Lipinski definition) is 1. The van der Waals surface area contributed by atoms with E-state index in [2.05, 4.69) is 33.2 Å². The summed E-state index contributed by atoms with van der Waals surface area (Å²) in [6, 6.07) is 5.39. The van der Waals surface area contributed by atoms with Gasteiger partial charge in [0.1, 0.15) is 10.3 Å². The second-order valence-corrected chi connectivity index (χ2v) is 6.34. The Morgan fingerprint density at radius 1 is 1.47 bits per heavy atom. The van der Waals surface area contributed by atoms with Gasteiger partial charge in [-0.15, -0.1) is 0 Å². The zero-order valence-corrected chi connectivity index (χ0v) is 12.9. The molecule has 0 aliphatic heterocycles. The van der Waals surface area contributed by atoms with Crippen LogP contribution in [0.15, 0.2) is 22.8 Å². The van der Waals surface area contributed by atoms with Gasteiger partial charge >= 0.3 is 0 Å². The lowest BCUT2D eigenvalue weighted by Gasteiger charge is -2.26. The zero-order chi connectivity index (χ0) is 13.7. The molecule has 104 valence electrons. The summed E-state index contributed by atoms with van der Waals surface area (Å²) in [6.07, 6.45) is 6.42. The summed E-state index contributed by atoms with van der Waals surface area (Å²) in [5.74, 6) is 1.55. The van der Waals surface area contributed by atoms with Crippen LogP contribution in [0.25, 0.3) is 0 Å². The number of halogens is 1. The number of pyridine rings is 1. The largest absolute Gasteiger partial charge is 0.351 e. The molecule has 1 saturated carbocycles. The molecule has 0 aromatic carbocycles. The van der Waals surface area contributed by atoms with Gasteiger partial charge in [-0.25, -0.2) is 4.98 Å². The molecule has 1 heterocycles. The highest BCUT2D eigenvalue weighted by Gasteiger charge is 2.18. The Morgan fingerprint density at radius 2 is 2.32 bits per heavy atom. The van der Waals surface area contributed by atoms with Crippen LogP contribution in [-0.2, 0) is 0 Å². The number of nitrogens with one attached hydrogen (secondary N) is 1. The molecule has 2 unspecified atom stereocenters. The molecule has 1 aliphatic carbocycles. The van der Waals surface area contributed by atoms with Gasteiger partial charge in [-0.05, 0) is 52.7 Å². The normalized spacial score (nSPS) is 23.1. The Kier molecular flexibility index (Phi) is 5.37. The molecule has 0 saturated heterocycles. The van der Waals surface area contributed by atoms with Crippen molar-refractivity contribution >= 4 is 21.8 Å². The fourth-order valence-electron chi connectivity index (χ4n) is 2.84. The lowest BCUT2D eigenvalue weighted by Crippen LogP contribution is -2.27. The van der Waals surface area contributed by atoms with Crippen molar-refractivity contribution in [2.24, 2.45) is 11.8 Å². The first-order chi connectivity index (χ1) is 9.15. The summed E-state index contributed by atoms with van der Waals surface area (Å²) in [4.78, 5) is 16.1. The van der Waals surface area contributed by atoms with E-state index in [1.54, 1.807) is 6.07 Å². The summed E-state index contributed by atoms with van der Waals surface area (Å²) in [5.41, 5.74) is 0.478. The van der Waals surface area contributed by atoms with Crippen molar-refractivity contribution in [3.63, 3.8) is 0 Å². The third-order valence-electron chi connectivity index (χ3n) is 3.83. The van der Waals surface area contributed by atoms with Crippen LogP contribution in [0.4, 0.5) is 0 Å². The standard InChI is InChI=1S/C15H21BrN2O/c1-11-4-2-5-12(10-11)8-9-17-15(19)13-6-3-7-14(16)18-13/h3,6-7,11-12H,2,4-5,8-10H2,1H3,(H,17,19). The average Bonchev–Trinajstić information content (AvgIpc) is 2.38. The topological polar surface area (TPSA) is 42.0 Å². The van der Waals surface area contributed by atoms with Gasteiger partial charge in [-0.3, -0.25) is 4.79 Å². The molecule has 0 radical (unpaired) electrons. The smallest absolute Gasteiger partial charge is 0.269 e. The van der Waals surface area contributed by atoms with Crippen LogP contribution in [-0.4, -0.2) is 17.4 Å². The Morgan fingerprint density at radius 3 is 3.05 bits per heavy atom. The highest BCUT2D eigenvalue weighted by molar-refractivity contribution is 9.10. The summed E-state index contributed by atoms with van der Waals surface area (Å²) in [5, 5.41) is 2.97. The average molecular weight is 325 g/mol. The maximum absolute atomic E-state index is 11.9. The van der Waals surface area contributed by atoms with Gasteiger partial charge in [0.25, 0.3) is 5.91 Å². The second kappa shape index (κ2) is 7.04. The van der Waals surface area contributed by atoms with Crippen LogP contribution in [0.1, 0.15) is 49.5 Å². The first-order valence-corrected chi connectivity index (χ1v) is 7.85. The molecule has 1 N–H and O–H groups in total. The number of nitrogens with zero attached hydrogens (tertiary/aromatic N) is 1. The van der Waals surface area contributed by atoms with E-state index < -0.39 is 0 Å². The summed E-state index contributed by atoms with van der Waals surface area (Å²) < 4.78 is 0.696. The van der Waals surface area contributed by atoms with Crippen molar-refractivity contribution in [2.45, 2.75) is 39.0 Å². The first kappa shape index (κ1) is 14.5. The van der Waals surface area contributed by atoms with Gasteiger partial charge in [0.2, 0.25) is 0 Å². The Bertz CT molecular complexity index is 436. The lowest BCUT2D eigenvalue weighted by atomic mass is 9.81. The van der Waals surface area contributed by atoms with Gasteiger partial charge in [0, 0.05) is 6.54 Å². The van der Waals surface area contributed by atoms with Crippen LogP contribution < -0.4 is 5.32 Å². The number of amides is 1. The van der Waals surface area contributed by atoms with Crippen molar-refractivity contribution in [3.8, 4) is 0 Å². The van der Waals surface area contributed by atoms with Crippen molar-refractivity contribution in [2.75, 3.05) is 6.54 Å². The highest BCUT2D eigenvalue weighted by atomic mass is 79.9. The molecule has 2 rings (SSSR count). The zero-order valence-electron chi connectivity index (χ0n) is 11.4. The van der Waals surface area contributed by atoms with Crippen LogP contribution in [0.5, 0.6) is 0 Å². The molecular weight excluding hydrogens is 304 g/mol. The Hall–Kier alpha value is -0.900. The molecule has 3 nitrogen and oxygen atoms in total. The van der Waals surface area contributed by atoms with Gasteiger partial charge in [-0.1, -0.05) is 32.3 Å². The van der Waals surface area contributed by atoms with Crippen LogP contribution >= 0.6 is 15.9 Å². The minimum atomic E-state index is -0.0786. The first-order valence-electron chi connectivity index (χ1n) is 7.06. The predicted octanol–water partition coefficient (Wildman–Crippen LogP) is 3.79. The number of carbonyl (C=O) groups is 1. The van der Waals surface area contributed by atoms with E-state index in [9.17, 15) is 4.79 Å². The van der Waals surface area contributed by atoms with Crippen molar-refractivity contribution in [1.82, 2.24) is 10.3 Å². The van der Waals surface area contributed by atoms with E-state index in [4.69, 9.17) is 0 Å². The monoisotopic (exact) mass is 324 g/mol. The van der Waals surface area contributed by atoms with E-state index in [0.29, 0.717) is 10.3 Å². The number of hydrogen-bond acceptors (Lipinski definition) is 2. The van der Waals surface area contributed by atoms with Gasteiger partial charge in [-0.2, -0.15) is 0 Å². The summed E-state index contributed by atoms with van der Waals surface area (Å²) in [7, 11) is 0. The maximum atomic E-state index is 11.9. The predicted molar refractivity (Wildman–Crippen MR) is 80.0 cm³/mol. The number of carbonyl (C=O) groups excluding carboxylic acids is 1. The van der Waals surface area contributed by atoms with Crippen molar-refractivity contribution in [3.05, 3.63) is 28.5 Å². The molecular formula is C15H21BrN2O. The SMILES string of the molecule is CC1CCCC(CCNC(=O)c2cccc(Br)n2)C1. The third-order valence-corrected chi connectivity index (χ3v) is 4.27. The molecule has 19 heavy (non-hydrogen) atoms. The quantitative estimate of drug-likeness (QED) is 0.856.